The topological polar surface area (TPSA) is 25.8 Å². The van der Waals surface area contributed by atoms with E-state index in [0.29, 0.717) is 4.47 Å². The van der Waals surface area contributed by atoms with Gasteiger partial charge in [-0.25, -0.2) is 0 Å². The van der Waals surface area contributed by atoms with E-state index in [4.69, 9.17) is 0 Å². The van der Waals surface area contributed by atoms with Gasteiger partial charge in [-0.1, -0.05) is 20.8 Å². The third-order valence-corrected chi connectivity index (χ3v) is 2.74. The van der Waals surface area contributed by atoms with Crippen molar-refractivity contribution in [1.29, 1.82) is 0 Å². The highest BCUT2D eigenvalue weighted by molar-refractivity contribution is 9.10. The Morgan fingerprint density at radius 3 is 2.23 bits per heavy atom. The predicted octanol–water partition coefficient (Wildman–Crippen LogP) is 2.98. The maximum Gasteiger partial charge on any atom is 0.247 e. The van der Waals surface area contributed by atoms with Crippen LogP contribution in [0, 0.1) is 12.9 Å². The van der Waals surface area contributed by atoms with Crippen LogP contribution in [-0.2, 0) is 5.41 Å². The molecule has 0 aliphatic carbocycles. The molecule has 0 amide bonds. The first kappa shape index (κ1) is 10.6. The summed E-state index contributed by atoms with van der Waals surface area (Å²) in [6, 6.07) is 0. The van der Waals surface area contributed by atoms with Gasteiger partial charge >= 0.3 is 0 Å². The van der Waals surface area contributed by atoms with Crippen LogP contribution < -0.4 is 0 Å². The summed E-state index contributed by atoms with van der Waals surface area (Å²) in [4.78, 5) is 0. The van der Waals surface area contributed by atoms with E-state index < -0.39 is 5.95 Å². The van der Waals surface area contributed by atoms with Crippen LogP contribution in [0.4, 0.5) is 4.39 Å². The molecule has 2 nitrogen and oxygen atoms in total. The predicted molar refractivity (Wildman–Crippen MR) is 53.1 cm³/mol. The number of hydrogen-bond acceptors (Lipinski definition) is 2. The fourth-order valence-corrected chi connectivity index (χ4v) is 1.45. The first-order valence-corrected chi connectivity index (χ1v) is 4.82. The maximum atomic E-state index is 12.9. The van der Waals surface area contributed by atoms with E-state index in [1.807, 2.05) is 27.7 Å². The van der Waals surface area contributed by atoms with E-state index in [1.165, 1.54) is 0 Å². The standard InChI is InChI=1S/C9H12BrFN2/c1-5-6(10)8(11)13-12-7(5)9(2,3)4/h1-4H3. The SMILES string of the molecule is Cc1c(C(C)(C)C)nnc(F)c1Br. The third-order valence-electron chi connectivity index (χ3n) is 1.81. The van der Waals surface area contributed by atoms with Gasteiger partial charge in [0.15, 0.2) is 0 Å². The Morgan fingerprint density at radius 2 is 1.77 bits per heavy atom. The van der Waals surface area contributed by atoms with Crippen LogP contribution in [-0.4, -0.2) is 10.2 Å². The van der Waals surface area contributed by atoms with Gasteiger partial charge in [0.2, 0.25) is 5.95 Å². The third kappa shape index (κ3) is 2.05. The van der Waals surface area contributed by atoms with Gasteiger partial charge in [0.1, 0.15) is 0 Å². The second-order valence-corrected chi connectivity index (χ2v) is 4.82. The zero-order chi connectivity index (χ0) is 10.2. The van der Waals surface area contributed by atoms with Crippen molar-refractivity contribution >= 4 is 15.9 Å². The lowest BCUT2D eigenvalue weighted by Crippen LogP contribution is -2.17. The van der Waals surface area contributed by atoms with Crippen molar-refractivity contribution in [2.45, 2.75) is 33.1 Å². The van der Waals surface area contributed by atoms with Crippen molar-refractivity contribution in [3.63, 3.8) is 0 Å². The molecule has 0 atom stereocenters. The summed E-state index contributed by atoms with van der Waals surface area (Å²) in [7, 11) is 0. The fraction of sp³-hybridized carbons (Fsp3) is 0.556. The summed E-state index contributed by atoms with van der Waals surface area (Å²) in [6.45, 7) is 7.90. The summed E-state index contributed by atoms with van der Waals surface area (Å²) in [5, 5.41) is 7.30. The van der Waals surface area contributed by atoms with E-state index >= 15 is 0 Å². The minimum atomic E-state index is -0.550. The largest absolute Gasteiger partial charge is 0.247 e. The molecule has 4 heteroatoms. The molecule has 0 aromatic carbocycles. The number of nitrogens with zero attached hydrogens (tertiary/aromatic N) is 2. The Morgan fingerprint density at radius 1 is 1.23 bits per heavy atom. The molecular weight excluding hydrogens is 235 g/mol. The highest BCUT2D eigenvalue weighted by Crippen LogP contribution is 2.28. The molecule has 1 aromatic heterocycles. The van der Waals surface area contributed by atoms with Crippen LogP contribution in [0.15, 0.2) is 4.47 Å². The smallest absolute Gasteiger partial charge is 0.182 e. The van der Waals surface area contributed by atoms with E-state index in [9.17, 15) is 4.39 Å². The molecule has 0 unspecified atom stereocenters. The second kappa shape index (κ2) is 3.33. The van der Waals surface area contributed by atoms with Gasteiger partial charge < -0.3 is 0 Å². The summed E-state index contributed by atoms with van der Waals surface area (Å²) in [5.41, 5.74) is 1.54. The van der Waals surface area contributed by atoms with Gasteiger partial charge in [-0.2, -0.15) is 9.49 Å². The van der Waals surface area contributed by atoms with Crippen molar-refractivity contribution < 1.29 is 4.39 Å². The van der Waals surface area contributed by atoms with Crippen molar-refractivity contribution in [3.8, 4) is 0 Å². The summed E-state index contributed by atoms with van der Waals surface area (Å²) < 4.78 is 13.3. The lowest BCUT2D eigenvalue weighted by atomic mass is 9.89. The van der Waals surface area contributed by atoms with Gasteiger partial charge in [-0.05, 0) is 28.4 Å². The molecule has 0 bridgehead atoms. The molecule has 1 heterocycles. The van der Waals surface area contributed by atoms with Gasteiger partial charge in [0, 0.05) is 5.41 Å². The zero-order valence-corrected chi connectivity index (χ0v) is 9.74. The average molecular weight is 247 g/mol. The molecule has 0 fully saturated rings. The van der Waals surface area contributed by atoms with Crippen molar-refractivity contribution in [2.75, 3.05) is 0 Å². The van der Waals surface area contributed by atoms with Crippen LogP contribution in [0.2, 0.25) is 0 Å². The molecule has 0 aliphatic rings. The van der Waals surface area contributed by atoms with Crippen molar-refractivity contribution in [1.82, 2.24) is 10.2 Å². The van der Waals surface area contributed by atoms with E-state index in [0.717, 1.165) is 11.3 Å². The van der Waals surface area contributed by atoms with Crippen molar-refractivity contribution in [2.24, 2.45) is 0 Å². The molecule has 0 N–H and O–H groups in total. The van der Waals surface area contributed by atoms with E-state index in [1.54, 1.807) is 0 Å². The molecular formula is C9H12BrFN2. The van der Waals surface area contributed by atoms with Crippen LogP contribution >= 0.6 is 15.9 Å². The molecule has 0 radical (unpaired) electrons. The number of aromatic nitrogens is 2. The lowest BCUT2D eigenvalue weighted by molar-refractivity contribution is 0.509. The monoisotopic (exact) mass is 246 g/mol. The Labute approximate surface area is 85.7 Å². The number of halogens is 2. The van der Waals surface area contributed by atoms with Crippen LogP contribution in [0.25, 0.3) is 0 Å². The fourth-order valence-electron chi connectivity index (χ4n) is 1.18. The normalized spacial score (nSPS) is 11.8. The minimum absolute atomic E-state index is 0.104. The Hall–Kier alpha value is -0.510. The van der Waals surface area contributed by atoms with Crippen LogP contribution in [0.1, 0.15) is 32.0 Å². The lowest BCUT2D eigenvalue weighted by Gasteiger charge is -2.19. The Balaban J connectivity index is 3.35. The zero-order valence-electron chi connectivity index (χ0n) is 8.15. The Kier molecular flexibility index (Phi) is 2.71. The first-order chi connectivity index (χ1) is 5.84. The number of rotatable bonds is 0. The molecule has 13 heavy (non-hydrogen) atoms. The summed E-state index contributed by atoms with van der Waals surface area (Å²) in [6.07, 6.45) is 0. The van der Waals surface area contributed by atoms with Gasteiger partial charge in [0.25, 0.3) is 0 Å². The van der Waals surface area contributed by atoms with E-state index in [-0.39, 0.29) is 5.41 Å². The second-order valence-electron chi connectivity index (χ2n) is 4.03. The van der Waals surface area contributed by atoms with Gasteiger partial charge in [-0.3, -0.25) is 0 Å². The molecule has 1 rings (SSSR count). The van der Waals surface area contributed by atoms with Crippen LogP contribution in [0.3, 0.4) is 0 Å². The molecule has 1 aromatic rings. The molecule has 0 spiro atoms. The highest BCUT2D eigenvalue weighted by atomic mass is 79.9. The first-order valence-electron chi connectivity index (χ1n) is 4.03. The summed E-state index contributed by atoms with van der Waals surface area (Å²) in [5.74, 6) is -0.550. The summed E-state index contributed by atoms with van der Waals surface area (Å²) >= 11 is 3.14. The molecule has 0 aliphatic heterocycles. The highest BCUT2D eigenvalue weighted by Gasteiger charge is 2.21. The molecule has 0 saturated carbocycles. The quantitative estimate of drug-likeness (QED) is 0.704. The Bertz CT molecular complexity index is 331. The maximum absolute atomic E-state index is 12.9. The van der Waals surface area contributed by atoms with Crippen molar-refractivity contribution in [3.05, 3.63) is 21.7 Å². The minimum Gasteiger partial charge on any atom is -0.182 e. The van der Waals surface area contributed by atoms with Gasteiger partial charge in [0.05, 0.1) is 10.2 Å². The number of hydrogen-bond donors (Lipinski definition) is 0. The molecule has 0 saturated heterocycles. The average Bonchev–Trinajstić information content (AvgIpc) is 1.98. The van der Waals surface area contributed by atoms with E-state index in [2.05, 4.69) is 26.1 Å². The molecule has 72 valence electrons. The van der Waals surface area contributed by atoms with Crippen LogP contribution in [0.5, 0.6) is 0 Å². The van der Waals surface area contributed by atoms with Gasteiger partial charge in [-0.15, -0.1) is 5.10 Å².